The van der Waals surface area contributed by atoms with Crippen molar-refractivity contribution in [2.75, 3.05) is 26.2 Å². The summed E-state index contributed by atoms with van der Waals surface area (Å²) in [7, 11) is 0. The van der Waals surface area contributed by atoms with Crippen molar-refractivity contribution in [3.8, 4) is 0 Å². The standard InChI is InChI=1S/C13H22BrN5O3/c1-4-17(5-2)8-6-7-15-11(20)9-18-10(3)12(14)13(16-18)19(21)22/h4-9H2,1-3H3,(H,15,20)/p+1. The average Bonchev–Trinajstić information content (AvgIpc) is 2.76. The van der Waals surface area contributed by atoms with E-state index >= 15 is 0 Å². The molecule has 0 radical (unpaired) electrons. The highest BCUT2D eigenvalue weighted by atomic mass is 79.9. The van der Waals surface area contributed by atoms with Gasteiger partial charge in [-0.05, 0) is 41.6 Å². The molecule has 1 rings (SSSR count). The van der Waals surface area contributed by atoms with Gasteiger partial charge in [-0.15, -0.1) is 0 Å². The van der Waals surface area contributed by atoms with Crippen molar-refractivity contribution in [3.05, 3.63) is 20.3 Å². The van der Waals surface area contributed by atoms with Crippen LogP contribution in [0.4, 0.5) is 5.82 Å². The smallest absolute Gasteiger partial charge is 0.358 e. The van der Waals surface area contributed by atoms with Gasteiger partial charge in [0.1, 0.15) is 11.0 Å². The summed E-state index contributed by atoms with van der Waals surface area (Å²) in [4.78, 5) is 23.6. The topological polar surface area (TPSA) is 94.5 Å². The molecule has 0 saturated heterocycles. The normalized spacial score (nSPS) is 11.0. The number of carbonyl (C=O) groups is 1. The number of halogens is 1. The van der Waals surface area contributed by atoms with Crippen molar-refractivity contribution in [2.45, 2.75) is 33.7 Å². The van der Waals surface area contributed by atoms with E-state index in [1.807, 2.05) is 0 Å². The summed E-state index contributed by atoms with van der Waals surface area (Å²) in [6.45, 7) is 9.73. The Balaban J connectivity index is 2.46. The van der Waals surface area contributed by atoms with Crippen LogP contribution in [0.3, 0.4) is 0 Å². The van der Waals surface area contributed by atoms with Gasteiger partial charge in [0.2, 0.25) is 5.91 Å². The van der Waals surface area contributed by atoms with Gasteiger partial charge in [0.25, 0.3) is 0 Å². The van der Waals surface area contributed by atoms with Gasteiger partial charge in [-0.1, -0.05) is 0 Å². The van der Waals surface area contributed by atoms with Gasteiger partial charge in [0, 0.05) is 13.0 Å². The minimum absolute atomic E-state index is 0.0175. The largest absolute Gasteiger partial charge is 0.404 e. The number of quaternary nitrogens is 1. The Morgan fingerprint density at radius 3 is 2.59 bits per heavy atom. The molecule has 2 N–H and O–H groups in total. The molecule has 124 valence electrons. The molecule has 0 saturated carbocycles. The van der Waals surface area contributed by atoms with Gasteiger partial charge in [-0.25, -0.2) is 0 Å². The van der Waals surface area contributed by atoms with E-state index in [-0.39, 0.29) is 18.3 Å². The van der Waals surface area contributed by atoms with Gasteiger partial charge in [0.15, 0.2) is 0 Å². The molecule has 1 aromatic rings. The summed E-state index contributed by atoms with van der Waals surface area (Å²) in [6, 6.07) is 0. The van der Waals surface area contributed by atoms with Crippen LogP contribution in [0.1, 0.15) is 26.0 Å². The molecule has 0 fully saturated rings. The van der Waals surface area contributed by atoms with E-state index < -0.39 is 4.92 Å². The molecule has 0 unspecified atom stereocenters. The quantitative estimate of drug-likeness (QED) is 0.368. The highest BCUT2D eigenvalue weighted by Gasteiger charge is 2.24. The fourth-order valence-electron chi connectivity index (χ4n) is 2.14. The lowest BCUT2D eigenvalue weighted by atomic mass is 10.3. The molecular weight excluding hydrogens is 354 g/mol. The fourth-order valence-corrected chi connectivity index (χ4v) is 2.57. The van der Waals surface area contributed by atoms with Crippen LogP contribution in [0.2, 0.25) is 0 Å². The molecular formula is C13H23BrN5O3+. The first kappa shape index (κ1) is 18.6. The van der Waals surface area contributed by atoms with Crippen LogP contribution in [0.15, 0.2) is 4.47 Å². The summed E-state index contributed by atoms with van der Waals surface area (Å²) in [5.41, 5.74) is 0.564. The van der Waals surface area contributed by atoms with Crippen LogP contribution >= 0.6 is 15.9 Å². The Hall–Kier alpha value is -1.48. The molecule has 0 aliphatic heterocycles. The number of hydrogen-bond donors (Lipinski definition) is 2. The minimum Gasteiger partial charge on any atom is -0.358 e. The van der Waals surface area contributed by atoms with Crippen molar-refractivity contribution < 1.29 is 14.6 Å². The molecule has 0 atom stereocenters. The van der Waals surface area contributed by atoms with Crippen LogP contribution < -0.4 is 10.2 Å². The predicted molar refractivity (Wildman–Crippen MR) is 85.9 cm³/mol. The van der Waals surface area contributed by atoms with Crippen molar-refractivity contribution in [3.63, 3.8) is 0 Å². The number of nitro groups is 1. The summed E-state index contributed by atoms with van der Waals surface area (Å²) in [6.07, 6.45) is 0.907. The highest BCUT2D eigenvalue weighted by Crippen LogP contribution is 2.26. The summed E-state index contributed by atoms with van der Waals surface area (Å²) in [5.74, 6) is -0.460. The van der Waals surface area contributed by atoms with Gasteiger partial charge in [0.05, 0.1) is 30.4 Å². The maximum atomic E-state index is 11.9. The number of hydrogen-bond acceptors (Lipinski definition) is 4. The second kappa shape index (κ2) is 8.84. The summed E-state index contributed by atoms with van der Waals surface area (Å²) >= 11 is 3.13. The molecule has 0 bridgehead atoms. The van der Waals surface area contributed by atoms with E-state index in [1.54, 1.807) is 6.92 Å². The SMILES string of the molecule is CC[NH+](CC)CCCNC(=O)Cn1nc([N+](=O)[O-])c(Br)c1C. The Bertz CT molecular complexity index is 528. The van der Waals surface area contributed by atoms with Gasteiger partial charge in [-0.2, -0.15) is 4.68 Å². The molecule has 1 heterocycles. The number of aromatic nitrogens is 2. The number of nitrogens with zero attached hydrogens (tertiary/aromatic N) is 3. The summed E-state index contributed by atoms with van der Waals surface area (Å²) in [5, 5.41) is 17.5. The lowest BCUT2D eigenvalue weighted by Crippen LogP contribution is -3.11. The zero-order valence-electron chi connectivity index (χ0n) is 13.2. The van der Waals surface area contributed by atoms with Crippen LogP contribution in [0, 0.1) is 17.0 Å². The van der Waals surface area contributed by atoms with Crippen molar-refractivity contribution in [1.82, 2.24) is 15.1 Å². The lowest BCUT2D eigenvalue weighted by Gasteiger charge is -2.15. The molecule has 0 aromatic carbocycles. The van der Waals surface area contributed by atoms with Crippen molar-refractivity contribution in [2.24, 2.45) is 0 Å². The molecule has 22 heavy (non-hydrogen) atoms. The van der Waals surface area contributed by atoms with Crippen LogP contribution in [0.25, 0.3) is 0 Å². The van der Waals surface area contributed by atoms with Crippen LogP contribution in [0.5, 0.6) is 0 Å². The third-order valence-electron chi connectivity index (χ3n) is 3.61. The Kier molecular flexibility index (Phi) is 7.46. The fraction of sp³-hybridized carbons (Fsp3) is 0.692. The third-order valence-corrected chi connectivity index (χ3v) is 4.54. The zero-order chi connectivity index (χ0) is 16.7. The molecule has 0 spiro atoms. The highest BCUT2D eigenvalue weighted by molar-refractivity contribution is 9.10. The Morgan fingerprint density at radius 1 is 1.45 bits per heavy atom. The molecule has 9 heteroatoms. The lowest BCUT2D eigenvalue weighted by molar-refractivity contribution is -0.896. The first-order valence-electron chi connectivity index (χ1n) is 7.38. The first-order valence-corrected chi connectivity index (χ1v) is 8.17. The van der Waals surface area contributed by atoms with E-state index in [2.05, 4.69) is 40.2 Å². The maximum absolute atomic E-state index is 11.9. The van der Waals surface area contributed by atoms with Crippen molar-refractivity contribution >= 4 is 27.7 Å². The molecule has 1 aromatic heterocycles. The molecule has 0 aliphatic carbocycles. The average molecular weight is 377 g/mol. The van der Waals surface area contributed by atoms with Crippen LogP contribution in [-0.4, -0.2) is 46.8 Å². The maximum Gasteiger partial charge on any atom is 0.404 e. The van der Waals surface area contributed by atoms with Crippen molar-refractivity contribution in [1.29, 1.82) is 0 Å². The van der Waals surface area contributed by atoms with E-state index in [0.29, 0.717) is 16.7 Å². The van der Waals surface area contributed by atoms with E-state index in [0.717, 1.165) is 26.1 Å². The number of carbonyl (C=O) groups excluding carboxylic acids is 1. The predicted octanol–water partition coefficient (Wildman–Crippen LogP) is 0.293. The van der Waals surface area contributed by atoms with Gasteiger partial charge >= 0.3 is 5.82 Å². The van der Waals surface area contributed by atoms with E-state index in [1.165, 1.54) is 9.58 Å². The Labute approximate surface area is 138 Å². The van der Waals surface area contributed by atoms with E-state index in [4.69, 9.17) is 0 Å². The number of amides is 1. The third kappa shape index (κ3) is 5.06. The first-order chi connectivity index (χ1) is 10.4. The van der Waals surface area contributed by atoms with Gasteiger partial charge in [-0.3, -0.25) is 4.79 Å². The minimum atomic E-state index is -0.571. The summed E-state index contributed by atoms with van der Waals surface area (Å²) < 4.78 is 1.66. The molecule has 8 nitrogen and oxygen atoms in total. The molecule has 1 amide bonds. The molecule has 0 aliphatic rings. The number of rotatable bonds is 9. The van der Waals surface area contributed by atoms with E-state index in [9.17, 15) is 14.9 Å². The zero-order valence-corrected chi connectivity index (χ0v) is 14.8. The Morgan fingerprint density at radius 2 is 2.09 bits per heavy atom. The number of nitrogens with one attached hydrogen (secondary N) is 2. The second-order valence-electron chi connectivity index (χ2n) is 5.05. The van der Waals surface area contributed by atoms with Crippen LogP contribution in [-0.2, 0) is 11.3 Å². The van der Waals surface area contributed by atoms with Gasteiger partial charge < -0.3 is 20.3 Å². The second-order valence-corrected chi connectivity index (χ2v) is 5.84. The monoisotopic (exact) mass is 376 g/mol.